The molecule has 1 aliphatic heterocycles. The molecule has 1 heterocycles. The van der Waals surface area contributed by atoms with E-state index < -0.39 is 0 Å². The van der Waals surface area contributed by atoms with E-state index in [1.807, 2.05) is 0 Å². The molecule has 0 aromatic heterocycles. The van der Waals surface area contributed by atoms with Gasteiger partial charge in [-0.25, -0.2) is 0 Å². The lowest BCUT2D eigenvalue weighted by Crippen LogP contribution is -2.49. The Balaban J connectivity index is 1.95. The van der Waals surface area contributed by atoms with Crippen molar-refractivity contribution in [2.24, 2.45) is 11.1 Å². The molecule has 1 unspecified atom stereocenters. The third-order valence-electron chi connectivity index (χ3n) is 4.60. The van der Waals surface area contributed by atoms with Gasteiger partial charge in [0.05, 0.1) is 6.61 Å². The molecule has 0 bridgehead atoms. The molecule has 0 aromatic rings. The second-order valence-electron chi connectivity index (χ2n) is 5.71. The molecule has 0 amide bonds. The Morgan fingerprint density at radius 1 is 1.19 bits per heavy atom. The number of hydrogen-bond acceptors (Lipinski definition) is 3. The lowest BCUT2D eigenvalue weighted by Gasteiger charge is -2.41. The van der Waals surface area contributed by atoms with Crippen LogP contribution in [-0.2, 0) is 0 Å². The summed E-state index contributed by atoms with van der Waals surface area (Å²) in [5.41, 5.74) is 6.35. The quantitative estimate of drug-likeness (QED) is 0.761. The van der Waals surface area contributed by atoms with Gasteiger partial charge in [0.1, 0.15) is 0 Å². The first-order valence-electron chi connectivity index (χ1n) is 6.85. The van der Waals surface area contributed by atoms with E-state index in [1.54, 1.807) is 0 Å². The van der Waals surface area contributed by atoms with Crippen LogP contribution in [0.4, 0.5) is 0 Å². The first kappa shape index (κ1) is 12.3. The summed E-state index contributed by atoms with van der Waals surface area (Å²) in [5, 5.41) is 9.42. The Morgan fingerprint density at radius 3 is 2.56 bits per heavy atom. The molecule has 2 aliphatic rings. The van der Waals surface area contributed by atoms with Gasteiger partial charge in [0.15, 0.2) is 0 Å². The van der Waals surface area contributed by atoms with E-state index in [0.29, 0.717) is 18.1 Å². The van der Waals surface area contributed by atoms with Crippen molar-refractivity contribution < 1.29 is 5.11 Å². The highest BCUT2D eigenvalue weighted by Gasteiger charge is 2.36. The van der Waals surface area contributed by atoms with Crippen LogP contribution in [0.2, 0.25) is 0 Å². The second-order valence-corrected chi connectivity index (χ2v) is 5.71. The number of piperidine rings is 1. The maximum absolute atomic E-state index is 9.42. The van der Waals surface area contributed by atoms with Crippen LogP contribution in [0.25, 0.3) is 0 Å². The number of aliphatic hydroxyl groups is 1. The monoisotopic (exact) mass is 226 g/mol. The van der Waals surface area contributed by atoms with Gasteiger partial charge in [-0.2, -0.15) is 0 Å². The van der Waals surface area contributed by atoms with Crippen LogP contribution in [0.3, 0.4) is 0 Å². The van der Waals surface area contributed by atoms with Crippen molar-refractivity contribution in [3.63, 3.8) is 0 Å². The fraction of sp³-hybridized carbons (Fsp3) is 1.00. The van der Waals surface area contributed by atoms with E-state index in [2.05, 4.69) is 4.90 Å². The summed E-state index contributed by atoms with van der Waals surface area (Å²) in [6, 6.07) is 0.401. The molecule has 2 rings (SSSR count). The second kappa shape index (κ2) is 5.48. The van der Waals surface area contributed by atoms with Gasteiger partial charge in [-0.15, -0.1) is 0 Å². The Labute approximate surface area is 99.0 Å². The Morgan fingerprint density at radius 2 is 1.94 bits per heavy atom. The zero-order chi connectivity index (χ0) is 11.4. The van der Waals surface area contributed by atoms with Crippen LogP contribution in [0.1, 0.15) is 44.9 Å². The van der Waals surface area contributed by atoms with Gasteiger partial charge in [-0.05, 0) is 44.2 Å². The van der Waals surface area contributed by atoms with Gasteiger partial charge in [0, 0.05) is 12.6 Å². The number of hydrogen-bond donors (Lipinski definition) is 2. The highest BCUT2D eigenvalue weighted by atomic mass is 16.3. The lowest BCUT2D eigenvalue weighted by molar-refractivity contribution is 0.0513. The van der Waals surface area contributed by atoms with Gasteiger partial charge in [-0.3, -0.25) is 4.90 Å². The smallest absolute Gasteiger partial charge is 0.0586 e. The van der Waals surface area contributed by atoms with Crippen LogP contribution in [0.5, 0.6) is 0 Å². The van der Waals surface area contributed by atoms with Crippen molar-refractivity contribution in [2.45, 2.75) is 51.0 Å². The van der Waals surface area contributed by atoms with Crippen LogP contribution in [0.15, 0.2) is 0 Å². The fourth-order valence-corrected chi connectivity index (χ4v) is 3.46. The van der Waals surface area contributed by atoms with Gasteiger partial charge in [0.2, 0.25) is 0 Å². The zero-order valence-electron chi connectivity index (χ0n) is 10.3. The van der Waals surface area contributed by atoms with Gasteiger partial charge >= 0.3 is 0 Å². The molecule has 16 heavy (non-hydrogen) atoms. The topological polar surface area (TPSA) is 49.5 Å². The first-order valence-corrected chi connectivity index (χ1v) is 6.85. The minimum absolute atomic E-state index is 0.320. The average Bonchev–Trinajstić information content (AvgIpc) is 2.79. The van der Waals surface area contributed by atoms with Crippen molar-refractivity contribution in [3.05, 3.63) is 0 Å². The van der Waals surface area contributed by atoms with Crippen molar-refractivity contribution >= 4 is 0 Å². The lowest BCUT2D eigenvalue weighted by atomic mass is 9.84. The van der Waals surface area contributed by atoms with Crippen LogP contribution in [-0.4, -0.2) is 42.3 Å². The molecular formula is C13H26N2O. The van der Waals surface area contributed by atoms with Crippen molar-refractivity contribution in [3.8, 4) is 0 Å². The number of rotatable bonds is 4. The SMILES string of the molecule is NCC1(CN2CCCCC2CO)CCCC1. The normalized spacial score (nSPS) is 30.8. The number of nitrogens with two attached hydrogens (primary N) is 1. The molecule has 1 aliphatic carbocycles. The summed E-state index contributed by atoms with van der Waals surface area (Å²) >= 11 is 0. The number of nitrogens with zero attached hydrogens (tertiary/aromatic N) is 1. The predicted octanol–water partition coefficient (Wildman–Crippen LogP) is 1.35. The third-order valence-corrected chi connectivity index (χ3v) is 4.60. The molecule has 1 saturated heterocycles. The largest absolute Gasteiger partial charge is 0.395 e. The van der Waals surface area contributed by atoms with Gasteiger partial charge in [0.25, 0.3) is 0 Å². The van der Waals surface area contributed by atoms with E-state index in [9.17, 15) is 5.11 Å². The summed E-state index contributed by atoms with van der Waals surface area (Å²) < 4.78 is 0. The molecule has 2 fully saturated rings. The maximum atomic E-state index is 9.42. The summed E-state index contributed by atoms with van der Waals surface area (Å²) in [7, 11) is 0. The molecule has 1 atom stereocenters. The Bertz CT molecular complexity index is 214. The van der Waals surface area contributed by atoms with Crippen molar-refractivity contribution in [1.82, 2.24) is 4.90 Å². The summed E-state index contributed by atoms with van der Waals surface area (Å²) in [5.74, 6) is 0. The molecule has 0 spiro atoms. The zero-order valence-corrected chi connectivity index (χ0v) is 10.3. The van der Waals surface area contributed by atoms with E-state index in [0.717, 1.165) is 26.1 Å². The predicted molar refractivity (Wildman–Crippen MR) is 66.3 cm³/mol. The Kier molecular flexibility index (Phi) is 4.22. The van der Waals surface area contributed by atoms with Crippen LogP contribution in [0, 0.1) is 5.41 Å². The van der Waals surface area contributed by atoms with E-state index >= 15 is 0 Å². The van der Waals surface area contributed by atoms with E-state index in [-0.39, 0.29) is 0 Å². The maximum Gasteiger partial charge on any atom is 0.0586 e. The summed E-state index contributed by atoms with van der Waals surface area (Å²) in [6.45, 7) is 3.42. The molecular weight excluding hydrogens is 200 g/mol. The van der Waals surface area contributed by atoms with Gasteiger partial charge in [-0.1, -0.05) is 19.3 Å². The van der Waals surface area contributed by atoms with Crippen molar-refractivity contribution in [2.75, 3.05) is 26.2 Å². The van der Waals surface area contributed by atoms with Crippen molar-refractivity contribution in [1.29, 1.82) is 0 Å². The molecule has 0 aromatic carbocycles. The summed E-state index contributed by atoms with van der Waals surface area (Å²) in [4.78, 5) is 2.50. The minimum Gasteiger partial charge on any atom is -0.395 e. The van der Waals surface area contributed by atoms with Crippen LogP contribution < -0.4 is 5.73 Å². The third kappa shape index (κ3) is 2.58. The number of likely N-dealkylation sites (tertiary alicyclic amines) is 1. The minimum atomic E-state index is 0.320. The average molecular weight is 226 g/mol. The van der Waals surface area contributed by atoms with E-state index in [4.69, 9.17) is 5.73 Å². The molecule has 3 heteroatoms. The molecule has 0 radical (unpaired) electrons. The standard InChI is InChI=1S/C13H26N2O/c14-10-13(6-2-3-7-13)11-15-8-4-1-5-12(15)9-16/h12,16H,1-11,14H2. The highest BCUT2D eigenvalue weighted by molar-refractivity contribution is 4.90. The first-order chi connectivity index (χ1) is 7.79. The van der Waals surface area contributed by atoms with Gasteiger partial charge < -0.3 is 10.8 Å². The summed E-state index contributed by atoms with van der Waals surface area (Å²) in [6.07, 6.45) is 8.99. The number of aliphatic hydroxyl groups excluding tert-OH is 1. The van der Waals surface area contributed by atoms with E-state index in [1.165, 1.54) is 38.5 Å². The fourth-order valence-electron chi connectivity index (χ4n) is 3.46. The molecule has 94 valence electrons. The Hall–Kier alpha value is -0.120. The molecule has 1 saturated carbocycles. The van der Waals surface area contributed by atoms with Crippen LogP contribution >= 0.6 is 0 Å². The highest BCUT2D eigenvalue weighted by Crippen LogP contribution is 2.38. The molecule has 3 N–H and O–H groups in total. The molecule has 3 nitrogen and oxygen atoms in total.